The molecular weight excluding hydrogens is 466 g/mol. The lowest BCUT2D eigenvalue weighted by atomic mass is 10.3. The number of aliphatic imine (C=N–C) groups is 1. The predicted octanol–water partition coefficient (Wildman–Crippen LogP) is 2.94. The van der Waals surface area contributed by atoms with Crippen LogP contribution in [0.4, 0.5) is 10.2 Å². The van der Waals surface area contributed by atoms with E-state index in [-0.39, 0.29) is 35.8 Å². The van der Waals surface area contributed by atoms with Gasteiger partial charge in [0, 0.05) is 42.9 Å². The molecule has 2 aromatic heterocycles. The third kappa shape index (κ3) is 5.50. The van der Waals surface area contributed by atoms with Crippen LogP contribution in [0.25, 0.3) is 0 Å². The Balaban J connectivity index is 0.00000243. The van der Waals surface area contributed by atoms with Gasteiger partial charge < -0.3 is 15.5 Å². The summed E-state index contributed by atoms with van der Waals surface area (Å²) < 4.78 is 13.9. The second kappa shape index (κ2) is 10.0. The first kappa shape index (κ1) is 20.8. The zero-order valence-corrected chi connectivity index (χ0v) is 18.1. The molecule has 2 N–H and O–H groups in total. The molecule has 0 spiro atoms. The summed E-state index contributed by atoms with van der Waals surface area (Å²) in [5.74, 6) is 0.915. The van der Waals surface area contributed by atoms with Crippen LogP contribution in [0.15, 0.2) is 29.5 Å². The topological polar surface area (TPSA) is 65.4 Å². The highest BCUT2D eigenvalue weighted by molar-refractivity contribution is 14.0. The molecule has 0 aliphatic carbocycles. The lowest BCUT2D eigenvalue weighted by Crippen LogP contribution is -2.44. The van der Waals surface area contributed by atoms with Gasteiger partial charge in [0.2, 0.25) is 0 Å². The lowest BCUT2D eigenvalue weighted by molar-refractivity contribution is 0.612. The van der Waals surface area contributed by atoms with Crippen molar-refractivity contribution in [2.75, 3.05) is 24.5 Å². The molecule has 6 nitrogen and oxygen atoms in total. The Hall–Kier alpha value is -1.49. The number of nitrogens with zero attached hydrogens (tertiary/aromatic N) is 4. The molecule has 1 saturated heterocycles. The summed E-state index contributed by atoms with van der Waals surface area (Å²) in [5, 5.41) is 7.70. The van der Waals surface area contributed by atoms with Crippen molar-refractivity contribution in [1.82, 2.24) is 20.6 Å². The number of pyridine rings is 1. The highest BCUT2D eigenvalue weighted by Crippen LogP contribution is 2.20. The van der Waals surface area contributed by atoms with Crippen LogP contribution in [0, 0.1) is 12.7 Å². The third-order valence-corrected chi connectivity index (χ3v) is 4.85. The van der Waals surface area contributed by atoms with Gasteiger partial charge in [-0.05, 0) is 32.4 Å². The van der Waals surface area contributed by atoms with Gasteiger partial charge in [-0.2, -0.15) is 0 Å². The van der Waals surface area contributed by atoms with Crippen LogP contribution in [0.3, 0.4) is 0 Å². The first-order chi connectivity index (χ1) is 12.2. The number of anilines is 1. The number of thiazole rings is 1. The first-order valence-corrected chi connectivity index (χ1v) is 9.29. The van der Waals surface area contributed by atoms with Crippen molar-refractivity contribution in [1.29, 1.82) is 0 Å². The van der Waals surface area contributed by atoms with E-state index in [1.807, 2.05) is 24.9 Å². The van der Waals surface area contributed by atoms with Gasteiger partial charge >= 0.3 is 0 Å². The van der Waals surface area contributed by atoms with E-state index in [1.54, 1.807) is 23.6 Å². The molecule has 2 aromatic rings. The standard InChI is InChI=1S/C17H23FN6S.HI/c1-3-19-17(22-10-15-21-9-12(2)25-15)23-13-6-8-24(11-13)16-14(18)5-4-7-20-16;/h4-5,7,9,13H,3,6,8,10-11H2,1-2H3,(H2,19,22,23);1H. The molecule has 0 amide bonds. The molecule has 1 aliphatic rings. The van der Waals surface area contributed by atoms with Crippen LogP contribution >= 0.6 is 35.3 Å². The molecule has 0 bridgehead atoms. The fourth-order valence-corrected chi connectivity index (χ4v) is 3.53. The molecule has 0 aromatic carbocycles. The van der Waals surface area contributed by atoms with E-state index < -0.39 is 0 Å². The molecule has 1 aliphatic heterocycles. The second-order valence-electron chi connectivity index (χ2n) is 5.94. The largest absolute Gasteiger partial charge is 0.357 e. The van der Waals surface area contributed by atoms with E-state index in [0.29, 0.717) is 18.9 Å². The quantitative estimate of drug-likeness (QED) is 0.384. The molecule has 1 atom stereocenters. The monoisotopic (exact) mass is 490 g/mol. The number of rotatable bonds is 5. The number of nitrogens with one attached hydrogen (secondary N) is 2. The Labute approximate surface area is 174 Å². The number of aryl methyl sites for hydroxylation is 1. The minimum atomic E-state index is -0.275. The maximum atomic E-state index is 13.9. The molecule has 142 valence electrons. The SMILES string of the molecule is CCNC(=NCc1ncc(C)s1)NC1CCN(c2ncccc2F)C1.I. The Morgan fingerprint density at radius 1 is 1.46 bits per heavy atom. The number of aromatic nitrogens is 2. The summed E-state index contributed by atoms with van der Waals surface area (Å²) in [6.07, 6.45) is 4.41. The molecule has 0 saturated carbocycles. The fraction of sp³-hybridized carbons (Fsp3) is 0.471. The molecule has 3 heterocycles. The second-order valence-corrected chi connectivity index (χ2v) is 7.26. The van der Waals surface area contributed by atoms with Crippen LogP contribution in [0.1, 0.15) is 23.2 Å². The van der Waals surface area contributed by atoms with Gasteiger partial charge in [-0.1, -0.05) is 0 Å². The average Bonchev–Trinajstić information content (AvgIpc) is 3.22. The van der Waals surface area contributed by atoms with E-state index in [2.05, 4.69) is 25.6 Å². The first-order valence-electron chi connectivity index (χ1n) is 8.47. The van der Waals surface area contributed by atoms with Crippen molar-refractivity contribution >= 4 is 47.1 Å². The Bertz CT molecular complexity index is 738. The van der Waals surface area contributed by atoms with E-state index in [1.165, 1.54) is 10.9 Å². The third-order valence-electron chi connectivity index (χ3n) is 3.95. The zero-order valence-electron chi connectivity index (χ0n) is 14.9. The Morgan fingerprint density at radius 3 is 3.00 bits per heavy atom. The lowest BCUT2D eigenvalue weighted by Gasteiger charge is -2.19. The minimum Gasteiger partial charge on any atom is -0.357 e. The van der Waals surface area contributed by atoms with E-state index in [0.717, 1.165) is 30.5 Å². The summed E-state index contributed by atoms with van der Waals surface area (Å²) in [6.45, 7) is 6.89. The van der Waals surface area contributed by atoms with Gasteiger partial charge in [0.1, 0.15) is 5.01 Å². The molecule has 1 unspecified atom stereocenters. The number of hydrogen-bond donors (Lipinski definition) is 2. The Kier molecular flexibility index (Phi) is 8.01. The van der Waals surface area contributed by atoms with Gasteiger partial charge in [-0.3, -0.25) is 0 Å². The van der Waals surface area contributed by atoms with Crippen LogP contribution in [-0.4, -0.2) is 41.6 Å². The average molecular weight is 490 g/mol. The van der Waals surface area contributed by atoms with Crippen LogP contribution in [0.5, 0.6) is 0 Å². The number of hydrogen-bond acceptors (Lipinski definition) is 5. The van der Waals surface area contributed by atoms with Gasteiger partial charge in [0.15, 0.2) is 17.6 Å². The number of guanidine groups is 1. The molecular formula is C17H24FIN6S. The minimum absolute atomic E-state index is 0. The van der Waals surface area contributed by atoms with Crippen LogP contribution in [-0.2, 0) is 6.54 Å². The van der Waals surface area contributed by atoms with Crippen LogP contribution < -0.4 is 15.5 Å². The van der Waals surface area contributed by atoms with E-state index >= 15 is 0 Å². The molecule has 9 heteroatoms. The Morgan fingerprint density at radius 2 is 2.31 bits per heavy atom. The number of halogens is 2. The highest BCUT2D eigenvalue weighted by atomic mass is 127. The van der Waals surface area contributed by atoms with Gasteiger partial charge in [-0.15, -0.1) is 35.3 Å². The van der Waals surface area contributed by atoms with Crippen molar-refractivity contribution < 1.29 is 4.39 Å². The maximum absolute atomic E-state index is 13.9. The van der Waals surface area contributed by atoms with Gasteiger partial charge in [-0.25, -0.2) is 19.4 Å². The van der Waals surface area contributed by atoms with E-state index in [4.69, 9.17) is 0 Å². The molecule has 3 rings (SSSR count). The highest BCUT2D eigenvalue weighted by Gasteiger charge is 2.25. The van der Waals surface area contributed by atoms with Crippen molar-refractivity contribution in [3.05, 3.63) is 40.2 Å². The fourth-order valence-electron chi connectivity index (χ4n) is 2.82. The normalized spacial score (nSPS) is 17.1. The van der Waals surface area contributed by atoms with Crippen molar-refractivity contribution in [2.24, 2.45) is 4.99 Å². The van der Waals surface area contributed by atoms with Crippen molar-refractivity contribution in [3.63, 3.8) is 0 Å². The summed E-state index contributed by atoms with van der Waals surface area (Å²) in [6, 6.07) is 3.27. The van der Waals surface area contributed by atoms with Gasteiger partial charge in [0.25, 0.3) is 0 Å². The maximum Gasteiger partial charge on any atom is 0.191 e. The summed E-state index contributed by atoms with van der Waals surface area (Å²) >= 11 is 1.66. The van der Waals surface area contributed by atoms with Crippen LogP contribution in [0.2, 0.25) is 0 Å². The summed E-state index contributed by atoms with van der Waals surface area (Å²) in [7, 11) is 0. The summed E-state index contributed by atoms with van der Waals surface area (Å²) in [4.78, 5) is 16.3. The van der Waals surface area contributed by atoms with E-state index in [9.17, 15) is 4.39 Å². The van der Waals surface area contributed by atoms with Gasteiger partial charge in [0.05, 0.1) is 6.54 Å². The predicted molar refractivity (Wildman–Crippen MR) is 115 cm³/mol. The zero-order chi connectivity index (χ0) is 17.6. The van der Waals surface area contributed by atoms with Crippen molar-refractivity contribution in [3.8, 4) is 0 Å². The van der Waals surface area contributed by atoms with Crippen molar-refractivity contribution in [2.45, 2.75) is 32.9 Å². The molecule has 26 heavy (non-hydrogen) atoms. The smallest absolute Gasteiger partial charge is 0.191 e. The summed E-state index contributed by atoms with van der Waals surface area (Å²) in [5.41, 5.74) is 0. The molecule has 0 radical (unpaired) electrons. The molecule has 1 fully saturated rings.